The van der Waals surface area contributed by atoms with Crippen LogP contribution in [0.15, 0.2) is 18.3 Å². The number of piperazine rings is 1. The van der Waals surface area contributed by atoms with E-state index in [1.807, 2.05) is 0 Å². The third-order valence-electron chi connectivity index (χ3n) is 2.73. The van der Waals surface area contributed by atoms with Crippen molar-refractivity contribution < 1.29 is 18.0 Å². The summed E-state index contributed by atoms with van der Waals surface area (Å²) in [6.07, 6.45) is -3.45. The van der Waals surface area contributed by atoms with E-state index < -0.39 is 12.1 Å². The van der Waals surface area contributed by atoms with Gasteiger partial charge in [0.05, 0.1) is 11.9 Å². The van der Waals surface area contributed by atoms with Crippen molar-refractivity contribution in [1.82, 2.24) is 10.3 Å². The maximum atomic E-state index is 12.0. The van der Waals surface area contributed by atoms with Gasteiger partial charge in [0.2, 0.25) is 0 Å². The molecule has 0 bridgehead atoms. The monoisotopic (exact) mass is 274 g/mol. The van der Waals surface area contributed by atoms with E-state index in [1.54, 1.807) is 11.4 Å². The summed E-state index contributed by atoms with van der Waals surface area (Å²) in [6.45, 7) is 3.34. The Kier molecular flexibility index (Phi) is 3.89. The van der Waals surface area contributed by atoms with Crippen LogP contribution in [0, 0.1) is 0 Å². The molecule has 2 heterocycles. The zero-order valence-electron chi connectivity index (χ0n) is 10.00. The highest BCUT2D eigenvalue weighted by Gasteiger charge is 2.38. The molecule has 1 aromatic rings. The van der Waals surface area contributed by atoms with E-state index in [4.69, 9.17) is 0 Å². The molecule has 0 radical (unpaired) electrons. The number of pyridine rings is 1. The number of anilines is 2. The summed E-state index contributed by atoms with van der Waals surface area (Å²) in [6, 6.07) is 3.01. The average Bonchev–Trinajstić information content (AvgIpc) is 2.39. The molecule has 0 aliphatic carbocycles. The fraction of sp³-hybridized carbons (Fsp3) is 0.455. The van der Waals surface area contributed by atoms with E-state index in [0.717, 1.165) is 31.9 Å². The van der Waals surface area contributed by atoms with Crippen molar-refractivity contribution in [2.75, 3.05) is 36.4 Å². The van der Waals surface area contributed by atoms with Gasteiger partial charge in [-0.05, 0) is 12.1 Å². The first-order valence-corrected chi connectivity index (χ1v) is 5.77. The lowest BCUT2D eigenvalue weighted by molar-refractivity contribution is -0.167. The number of hydrogen-bond acceptors (Lipinski definition) is 4. The van der Waals surface area contributed by atoms with Gasteiger partial charge in [0.15, 0.2) is 0 Å². The van der Waals surface area contributed by atoms with Crippen molar-refractivity contribution in [1.29, 1.82) is 0 Å². The van der Waals surface area contributed by atoms with E-state index in [0.29, 0.717) is 0 Å². The number of halogens is 3. The molecule has 0 spiro atoms. The molecule has 19 heavy (non-hydrogen) atoms. The van der Waals surface area contributed by atoms with Crippen molar-refractivity contribution in [3.63, 3.8) is 0 Å². The number of nitrogens with zero attached hydrogens (tertiary/aromatic N) is 2. The Bertz CT molecular complexity index is 440. The third kappa shape index (κ3) is 3.57. The minimum absolute atomic E-state index is 0.110. The summed E-state index contributed by atoms with van der Waals surface area (Å²) in [4.78, 5) is 16.6. The second-order valence-electron chi connectivity index (χ2n) is 4.09. The molecule has 1 aromatic heterocycles. The van der Waals surface area contributed by atoms with Gasteiger partial charge in [-0.2, -0.15) is 13.2 Å². The fourth-order valence-corrected chi connectivity index (χ4v) is 1.76. The molecule has 1 fully saturated rings. The van der Waals surface area contributed by atoms with E-state index in [1.165, 1.54) is 12.3 Å². The Hall–Kier alpha value is -1.83. The molecule has 0 unspecified atom stereocenters. The van der Waals surface area contributed by atoms with Crippen molar-refractivity contribution in [3.05, 3.63) is 18.3 Å². The highest BCUT2D eigenvalue weighted by molar-refractivity contribution is 5.94. The number of amides is 1. The zero-order chi connectivity index (χ0) is 13.9. The quantitative estimate of drug-likeness (QED) is 0.844. The SMILES string of the molecule is O=C(Nc1ccc(N2CCNCC2)cn1)C(F)(F)F. The molecule has 1 aliphatic heterocycles. The number of aromatic nitrogens is 1. The van der Waals surface area contributed by atoms with Gasteiger partial charge in [-0.1, -0.05) is 0 Å². The first-order valence-electron chi connectivity index (χ1n) is 5.77. The molecule has 104 valence electrons. The molecular formula is C11H13F3N4O. The molecule has 2 rings (SSSR count). The standard InChI is InChI=1S/C11H13F3N4O/c12-11(13,14)10(19)17-9-2-1-8(7-16-9)18-5-3-15-4-6-18/h1-2,7,15H,3-6H2,(H,16,17,19). The molecule has 1 amide bonds. The lowest BCUT2D eigenvalue weighted by Gasteiger charge is -2.29. The molecule has 0 atom stereocenters. The maximum absolute atomic E-state index is 12.0. The average molecular weight is 274 g/mol. The molecular weight excluding hydrogens is 261 g/mol. The van der Waals surface area contributed by atoms with Gasteiger partial charge < -0.3 is 15.5 Å². The van der Waals surface area contributed by atoms with Gasteiger partial charge in [-0.25, -0.2) is 4.98 Å². The Labute approximate surface area is 107 Å². The second kappa shape index (κ2) is 5.43. The van der Waals surface area contributed by atoms with E-state index in [9.17, 15) is 18.0 Å². The highest BCUT2D eigenvalue weighted by Crippen LogP contribution is 2.19. The van der Waals surface area contributed by atoms with Crippen LogP contribution in [0.4, 0.5) is 24.7 Å². The summed E-state index contributed by atoms with van der Waals surface area (Å²) in [7, 11) is 0. The van der Waals surface area contributed by atoms with Crippen LogP contribution in [-0.4, -0.2) is 43.2 Å². The summed E-state index contributed by atoms with van der Waals surface area (Å²) in [5, 5.41) is 4.90. The predicted molar refractivity (Wildman–Crippen MR) is 64.0 cm³/mol. The summed E-state index contributed by atoms with van der Waals surface area (Å²) >= 11 is 0. The number of rotatable bonds is 2. The topological polar surface area (TPSA) is 57.3 Å². The van der Waals surface area contributed by atoms with Gasteiger partial charge in [0.1, 0.15) is 5.82 Å². The van der Waals surface area contributed by atoms with Crippen LogP contribution < -0.4 is 15.5 Å². The van der Waals surface area contributed by atoms with Crippen LogP contribution in [-0.2, 0) is 4.79 Å². The summed E-state index contributed by atoms with van der Waals surface area (Å²) in [5.74, 6) is -2.13. The largest absolute Gasteiger partial charge is 0.471 e. The number of carbonyl (C=O) groups excluding carboxylic acids is 1. The first kappa shape index (κ1) is 13.6. The van der Waals surface area contributed by atoms with Gasteiger partial charge in [0, 0.05) is 26.2 Å². The smallest absolute Gasteiger partial charge is 0.368 e. The molecule has 1 saturated heterocycles. The van der Waals surface area contributed by atoms with E-state index in [2.05, 4.69) is 15.2 Å². The van der Waals surface area contributed by atoms with Crippen LogP contribution in [0.1, 0.15) is 0 Å². The van der Waals surface area contributed by atoms with Crippen LogP contribution in [0.3, 0.4) is 0 Å². The van der Waals surface area contributed by atoms with Crippen LogP contribution in [0.25, 0.3) is 0 Å². The van der Waals surface area contributed by atoms with Crippen molar-refractivity contribution in [3.8, 4) is 0 Å². The Morgan fingerprint density at radius 3 is 2.53 bits per heavy atom. The predicted octanol–water partition coefficient (Wildman–Crippen LogP) is 0.992. The first-order chi connectivity index (χ1) is 8.97. The minimum atomic E-state index is -4.90. The van der Waals surface area contributed by atoms with Gasteiger partial charge in [0.25, 0.3) is 0 Å². The number of alkyl halides is 3. The molecule has 0 saturated carbocycles. The third-order valence-corrected chi connectivity index (χ3v) is 2.73. The Morgan fingerprint density at radius 2 is 2.00 bits per heavy atom. The number of carbonyl (C=O) groups is 1. The van der Waals surface area contributed by atoms with E-state index in [-0.39, 0.29) is 5.82 Å². The maximum Gasteiger partial charge on any atom is 0.471 e. The van der Waals surface area contributed by atoms with Crippen LogP contribution >= 0.6 is 0 Å². The Balaban J connectivity index is 2.00. The lowest BCUT2D eigenvalue weighted by atomic mass is 10.3. The van der Waals surface area contributed by atoms with Crippen molar-refractivity contribution in [2.24, 2.45) is 0 Å². The second-order valence-corrected chi connectivity index (χ2v) is 4.09. The summed E-state index contributed by atoms with van der Waals surface area (Å²) < 4.78 is 36.1. The zero-order valence-corrected chi connectivity index (χ0v) is 10.00. The normalized spacial score (nSPS) is 16.3. The molecule has 1 aliphatic rings. The molecule has 5 nitrogen and oxygen atoms in total. The number of nitrogens with one attached hydrogen (secondary N) is 2. The molecule has 0 aromatic carbocycles. The number of hydrogen-bond donors (Lipinski definition) is 2. The van der Waals surface area contributed by atoms with Gasteiger partial charge in [-0.15, -0.1) is 0 Å². The highest BCUT2D eigenvalue weighted by atomic mass is 19.4. The molecule has 2 N–H and O–H groups in total. The van der Waals surface area contributed by atoms with Gasteiger partial charge >= 0.3 is 12.1 Å². The van der Waals surface area contributed by atoms with Gasteiger partial charge in [-0.3, -0.25) is 4.79 Å². The van der Waals surface area contributed by atoms with E-state index >= 15 is 0 Å². The molecule has 8 heteroatoms. The van der Waals surface area contributed by atoms with Crippen LogP contribution in [0.5, 0.6) is 0 Å². The lowest BCUT2D eigenvalue weighted by Crippen LogP contribution is -2.43. The summed E-state index contributed by atoms with van der Waals surface area (Å²) in [5.41, 5.74) is 0.825. The fourth-order valence-electron chi connectivity index (χ4n) is 1.76. The minimum Gasteiger partial charge on any atom is -0.368 e. The van der Waals surface area contributed by atoms with Crippen molar-refractivity contribution >= 4 is 17.4 Å². The van der Waals surface area contributed by atoms with Crippen molar-refractivity contribution in [2.45, 2.75) is 6.18 Å². The Morgan fingerprint density at radius 1 is 1.32 bits per heavy atom. The van der Waals surface area contributed by atoms with Crippen LogP contribution in [0.2, 0.25) is 0 Å².